The molecular weight excluding hydrogens is 265 g/mol. The molecule has 0 amide bonds. The van der Waals surface area contributed by atoms with Crippen LogP contribution in [-0.4, -0.2) is 31.5 Å². The van der Waals surface area contributed by atoms with E-state index in [1.807, 2.05) is 0 Å². The number of aliphatic hydroxyl groups is 1. The zero-order valence-electron chi connectivity index (χ0n) is 8.34. The molecule has 0 aliphatic rings. The highest BCUT2D eigenvalue weighted by molar-refractivity contribution is 9.10. The Balaban J connectivity index is 2.53. The number of hydrogen-bond acceptors (Lipinski definition) is 3. The molecule has 0 saturated heterocycles. The van der Waals surface area contributed by atoms with Crippen LogP contribution in [0, 0.1) is 5.82 Å². The van der Waals surface area contributed by atoms with Crippen LogP contribution in [0.5, 0.6) is 0 Å². The van der Waals surface area contributed by atoms with Crippen LogP contribution in [0.15, 0.2) is 22.7 Å². The van der Waals surface area contributed by atoms with Crippen LogP contribution < -0.4 is 5.32 Å². The highest BCUT2D eigenvalue weighted by Gasteiger charge is 2.06. The number of benzene rings is 1. The van der Waals surface area contributed by atoms with Gasteiger partial charge in [0.1, 0.15) is 5.82 Å². The van der Waals surface area contributed by atoms with Gasteiger partial charge in [0.2, 0.25) is 0 Å². The summed E-state index contributed by atoms with van der Waals surface area (Å²) in [5, 5.41) is 12.2. The number of anilines is 1. The molecule has 0 heterocycles. The monoisotopic (exact) mass is 277 g/mol. The number of aliphatic hydroxyl groups excluding tert-OH is 1. The first-order valence-electron chi connectivity index (χ1n) is 4.49. The Morgan fingerprint density at radius 3 is 3.00 bits per heavy atom. The Morgan fingerprint density at radius 1 is 1.60 bits per heavy atom. The minimum Gasteiger partial charge on any atom is -0.389 e. The zero-order valence-corrected chi connectivity index (χ0v) is 9.92. The summed E-state index contributed by atoms with van der Waals surface area (Å²) in [4.78, 5) is 0. The third kappa shape index (κ3) is 4.15. The van der Waals surface area contributed by atoms with Gasteiger partial charge in [-0.2, -0.15) is 0 Å². The Bertz CT molecular complexity index is 322. The van der Waals surface area contributed by atoms with E-state index in [1.54, 1.807) is 12.1 Å². The SMILES string of the molecule is COCC(O)CNc1cc(Br)ccc1F. The maximum atomic E-state index is 13.2. The smallest absolute Gasteiger partial charge is 0.146 e. The zero-order chi connectivity index (χ0) is 11.3. The van der Waals surface area contributed by atoms with Crippen molar-refractivity contribution < 1.29 is 14.2 Å². The summed E-state index contributed by atoms with van der Waals surface area (Å²) < 4.78 is 18.7. The second kappa shape index (κ2) is 6.05. The highest BCUT2D eigenvalue weighted by atomic mass is 79.9. The fraction of sp³-hybridized carbons (Fsp3) is 0.400. The minimum absolute atomic E-state index is 0.225. The van der Waals surface area contributed by atoms with Crippen molar-refractivity contribution in [1.82, 2.24) is 0 Å². The van der Waals surface area contributed by atoms with E-state index in [0.717, 1.165) is 4.47 Å². The van der Waals surface area contributed by atoms with Crippen LogP contribution in [0.25, 0.3) is 0 Å². The van der Waals surface area contributed by atoms with Crippen LogP contribution in [-0.2, 0) is 4.74 Å². The Kier molecular flexibility index (Phi) is 5.01. The summed E-state index contributed by atoms with van der Waals surface area (Å²) in [6, 6.07) is 4.59. The van der Waals surface area contributed by atoms with Gasteiger partial charge in [0.05, 0.1) is 18.4 Å². The second-order valence-corrected chi connectivity index (χ2v) is 4.03. The van der Waals surface area contributed by atoms with Crippen LogP contribution in [0.3, 0.4) is 0 Å². The van der Waals surface area contributed by atoms with Crippen molar-refractivity contribution in [2.24, 2.45) is 0 Å². The fourth-order valence-corrected chi connectivity index (χ4v) is 1.47. The van der Waals surface area contributed by atoms with Crippen LogP contribution >= 0.6 is 15.9 Å². The summed E-state index contributed by atoms with van der Waals surface area (Å²) in [6.45, 7) is 0.476. The molecule has 0 aliphatic heterocycles. The first kappa shape index (κ1) is 12.4. The minimum atomic E-state index is -0.645. The van der Waals surface area contributed by atoms with E-state index in [-0.39, 0.29) is 19.0 Å². The van der Waals surface area contributed by atoms with E-state index in [1.165, 1.54) is 13.2 Å². The van der Waals surface area contributed by atoms with E-state index >= 15 is 0 Å². The quantitative estimate of drug-likeness (QED) is 0.865. The number of nitrogens with one attached hydrogen (secondary N) is 1. The van der Waals surface area contributed by atoms with Crippen molar-refractivity contribution in [2.45, 2.75) is 6.10 Å². The average Bonchev–Trinajstić information content (AvgIpc) is 2.20. The van der Waals surface area contributed by atoms with Crippen LogP contribution in [0.4, 0.5) is 10.1 Å². The molecule has 0 aromatic heterocycles. The van der Waals surface area contributed by atoms with Crippen molar-refractivity contribution in [1.29, 1.82) is 0 Å². The van der Waals surface area contributed by atoms with Crippen molar-refractivity contribution in [3.05, 3.63) is 28.5 Å². The molecule has 15 heavy (non-hydrogen) atoms. The van der Waals surface area contributed by atoms with Gasteiger partial charge < -0.3 is 15.2 Å². The van der Waals surface area contributed by atoms with Gasteiger partial charge >= 0.3 is 0 Å². The lowest BCUT2D eigenvalue weighted by Gasteiger charge is -2.12. The number of hydrogen-bond donors (Lipinski definition) is 2. The molecule has 2 N–H and O–H groups in total. The first-order chi connectivity index (χ1) is 7.13. The van der Waals surface area contributed by atoms with E-state index in [4.69, 9.17) is 4.74 Å². The van der Waals surface area contributed by atoms with E-state index in [0.29, 0.717) is 5.69 Å². The highest BCUT2D eigenvalue weighted by Crippen LogP contribution is 2.19. The maximum Gasteiger partial charge on any atom is 0.146 e. The standard InChI is InChI=1S/C10H13BrFNO2/c1-15-6-8(14)5-13-10-4-7(11)2-3-9(10)12/h2-4,8,13-14H,5-6H2,1H3. The topological polar surface area (TPSA) is 41.5 Å². The molecule has 1 atom stereocenters. The van der Waals surface area contributed by atoms with Gasteiger partial charge in [0.15, 0.2) is 0 Å². The van der Waals surface area contributed by atoms with Gasteiger partial charge in [-0.25, -0.2) is 4.39 Å². The molecule has 5 heteroatoms. The molecule has 0 radical (unpaired) electrons. The van der Waals surface area contributed by atoms with Gasteiger partial charge in [-0.05, 0) is 18.2 Å². The van der Waals surface area contributed by atoms with Gasteiger partial charge in [0.25, 0.3) is 0 Å². The molecule has 1 unspecified atom stereocenters. The molecule has 0 spiro atoms. The Hall–Kier alpha value is -0.650. The van der Waals surface area contributed by atoms with E-state index < -0.39 is 6.10 Å². The van der Waals surface area contributed by atoms with Crippen molar-refractivity contribution in [3.63, 3.8) is 0 Å². The molecule has 0 saturated carbocycles. The summed E-state index contributed by atoms with van der Waals surface area (Å²) in [5.74, 6) is -0.345. The largest absolute Gasteiger partial charge is 0.389 e. The Morgan fingerprint density at radius 2 is 2.33 bits per heavy atom. The van der Waals surface area contributed by atoms with Gasteiger partial charge in [0, 0.05) is 18.1 Å². The lowest BCUT2D eigenvalue weighted by Crippen LogP contribution is -2.24. The molecule has 0 fully saturated rings. The predicted octanol–water partition coefficient (Wildman–Crippen LogP) is 2.01. The number of rotatable bonds is 5. The molecule has 0 bridgehead atoms. The van der Waals surface area contributed by atoms with Crippen molar-refractivity contribution in [2.75, 3.05) is 25.6 Å². The lowest BCUT2D eigenvalue weighted by molar-refractivity contribution is 0.0727. The Labute approximate surface area is 96.4 Å². The molecule has 3 nitrogen and oxygen atoms in total. The lowest BCUT2D eigenvalue weighted by atomic mass is 10.3. The predicted molar refractivity (Wildman–Crippen MR) is 60.5 cm³/mol. The third-order valence-corrected chi connectivity index (χ3v) is 2.31. The summed E-state index contributed by atoms with van der Waals surface area (Å²) in [5.41, 5.74) is 0.361. The molecular formula is C10H13BrFNO2. The van der Waals surface area contributed by atoms with E-state index in [2.05, 4.69) is 21.2 Å². The summed E-state index contributed by atoms with van der Waals surface area (Å²) >= 11 is 3.24. The second-order valence-electron chi connectivity index (χ2n) is 3.11. The average molecular weight is 278 g/mol. The summed E-state index contributed by atoms with van der Waals surface area (Å²) in [7, 11) is 1.50. The molecule has 0 aliphatic carbocycles. The van der Waals surface area contributed by atoms with Gasteiger partial charge in [-0.15, -0.1) is 0 Å². The third-order valence-electron chi connectivity index (χ3n) is 1.82. The first-order valence-corrected chi connectivity index (χ1v) is 5.28. The van der Waals surface area contributed by atoms with Crippen LogP contribution in [0.2, 0.25) is 0 Å². The van der Waals surface area contributed by atoms with Crippen molar-refractivity contribution >= 4 is 21.6 Å². The van der Waals surface area contributed by atoms with Gasteiger partial charge in [-0.3, -0.25) is 0 Å². The van der Waals surface area contributed by atoms with Gasteiger partial charge in [-0.1, -0.05) is 15.9 Å². The van der Waals surface area contributed by atoms with Crippen LogP contribution in [0.1, 0.15) is 0 Å². The maximum absolute atomic E-state index is 13.2. The molecule has 1 aromatic rings. The van der Waals surface area contributed by atoms with Crippen molar-refractivity contribution in [3.8, 4) is 0 Å². The number of halogens is 2. The molecule has 1 rings (SSSR count). The number of ether oxygens (including phenoxy) is 1. The molecule has 1 aromatic carbocycles. The summed E-state index contributed by atoms with van der Waals surface area (Å²) in [6.07, 6.45) is -0.645. The number of methoxy groups -OCH3 is 1. The van der Waals surface area contributed by atoms with E-state index in [9.17, 15) is 9.50 Å². The molecule has 84 valence electrons. The normalized spacial score (nSPS) is 12.5. The fourth-order valence-electron chi connectivity index (χ4n) is 1.11.